The van der Waals surface area contributed by atoms with E-state index in [1.54, 1.807) is 0 Å². The van der Waals surface area contributed by atoms with Gasteiger partial charge in [0, 0.05) is 12.1 Å². The molecule has 0 aromatic carbocycles. The van der Waals surface area contributed by atoms with Gasteiger partial charge < -0.3 is 0 Å². The lowest BCUT2D eigenvalue weighted by atomic mass is 9.69. The molecule has 0 unspecified atom stereocenters. The monoisotopic (exact) mass is 294 g/mol. The molecular formula is C14H27ClO2S. The van der Waals surface area contributed by atoms with Crippen molar-refractivity contribution in [2.75, 3.05) is 17.9 Å². The number of sulfone groups is 1. The van der Waals surface area contributed by atoms with Crippen LogP contribution < -0.4 is 0 Å². The van der Waals surface area contributed by atoms with Gasteiger partial charge in [0.05, 0.1) is 5.75 Å². The van der Waals surface area contributed by atoms with Gasteiger partial charge in [-0.15, -0.1) is 11.6 Å². The maximum atomic E-state index is 11.3. The van der Waals surface area contributed by atoms with E-state index in [0.717, 1.165) is 25.2 Å². The lowest BCUT2D eigenvalue weighted by Crippen LogP contribution is -2.31. The van der Waals surface area contributed by atoms with Crippen molar-refractivity contribution in [3.63, 3.8) is 0 Å². The molecule has 0 aromatic rings. The maximum absolute atomic E-state index is 11.3. The molecule has 0 saturated heterocycles. The van der Waals surface area contributed by atoms with Gasteiger partial charge in [-0.25, -0.2) is 8.42 Å². The number of rotatable bonds is 7. The fraction of sp³-hybridized carbons (Fsp3) is 1.00. The first-order valence-corrected chi connectivity index (χ1v) is 9.74. The Bertz CT molecular complexity index is 330. The van der Waals surface area contributed by atoms with Crippen molar-refractivity contribution in [2.24, 2.45) is 11.3 Å². The van der Waals surface area contributed by atoms with Crippen molar-refractivity contribution in [2.45, 2.75) is 58.3 Å². The summed E-state index contributed by atoms with van der Waals surface area (Å²) in [6, 6.07) is 0. The highest BCUT2D eigenvalue weighted by Crippen LogP contribution is 2.44. The zero-order valence-corrected chi connectivity index (χ0v) is 13.3. The first kappa shape index (κ1) is 16.3. The number of unbranched alkanes of at least 4 members (excludes halogenated alkanes) is 1. The molecule has 0 aromatic heterocycles. The summed E-state index contributed by atoms with van der Waals surface area (Å²) in [6.07, 6.45) is 10.7. The SMILES string of the molecule is CCCCC1CCC(CCl)(CCS(C)(=O)=O)CC1. The summed E-state index contributed by atoms with van der Waals surface area (Å²) in [5.74, 6) is 1.75. The van der Waals surface area contributed by atoms with Crippen LogP contribution in [0.25, 0.3) is 0 Å². The number of hydrogen-bond acceptors (Lipinski definition) is 2. The van der Waals surface area contributed by atoms with Crippen LogP contribution in [-0.4, -0.2) is 26.3 Å². The minimum Gasteiger partial charge on any atom is -0.229 e. The average Bonchev–Trinajstić information content (AvgIpc) is 2.34. The van der Waals surface area contributed by atoms with E-state index < -0.39 is 9.84 Å². The fourth-order valence-corrected chi connectivity index (χ4v) is 4.13. The van der Waals surface area contributed by atoms with Crippen molar-refractivity contribution in [1.82, 2.24) is 0 Å². The van der Waals surface area contributed by atoms with Crippen LogP contribution in [0.1, 0.15) is 58.3 Å². The van der Waals surface area contributed by atoms with E-state index >= 15 is 0 Å². The highest BCUT2D eigenvalue weighted by atomic mass is 35.5. The summed E-state index contributed by atoms with van der Waals surface area (Å²) in [5.41, 5.74) is 0.0906. The predicted molar refractivity (Wildman–Crippen MR) is 79.0 cm³/mol. The molecule has 1 aliphatic carbocycles. The minimum atomic E-state index is -2.86. The lowest BCUT2D eigenvalue weighted by molar-refractivity contribution is 0.162. The molecule has 0 atom stereocenters. The Morgan fingerprint density at radius 1 is 1.28 bits per heavy atom. The summed E-state index contributed by atoms with van der Waals surface area (Å²) in [4.78, 5) is 0. The molecule has 0 heterocycles. The molecule has 0 bridgehead atoms. The molecule has 108 valence electrons. The van der Waals surface area contributed by atoms with E-state index in [1.165, 1.54) is 38.4 Å². The first-order chi connectivity index (χ1) is 8.41. The molecule has 4 heteroatoms. The Kier molecular flexibility index (Phi) is 6.46. The molecule has 0 N–H and O–H groups in total. The van der Waals surface area contributed by atoms with E-state index in [9.17, 15) is 8.42 Å². The van der Waals surface area contributed by atoms with Crippen LogP contribution in [0.5, 0.6) is 0 Å². The second kappa shape index (κ2) is 7.14. The third kappa shape index (κ3) is 5.48. The van der Waals surface area contributed by atoms with Crippen LogP contribution in [-0.2, 0) is 9.84 Å². The molecule has 1 saturated carbocycles. The van der Waals surface area contributed by atoms with Gasteiger partial charge in [-0.3, -0.25) is 0 Å². The van der Waals surface area contributed by atoms with Crippen LogP contribution in [0.4, 0.5) is 0 Å². The van der Waals surface area contributed by atoms with E-state index in [-0.39, 0.29) is 5.41 Å². The van der Waals surface area contributed by atoms with Gasteiger partial charge in [-0.1, -0.05) is 26.2 Å². The van der Waals surface area contributed by atoms with Gasteiger partial charge >= 0.3 is 0 Å². The molecule has 2 nitrogen and oxygen atoms in total. The molecule has 18 heavy (non-hydrogen) atoms. The zero-order valence-electron chi connectivity index (χ0n) is 11.8. The smallest absolute Gasteiger partial charge is 0.147 e. The number of halogens is 1. The van der Waals surface area contributed by atoms with Gasteiger partial charge in [-0.2, -0.15) is 0 Å². The molecule has 0 radical (unpaired) electrons. The van der Waals surface area contributed by atoms with Gasteiger partial charge in [0.25, 0.3) is 0 Å². The normalized spacial score (nSPS) is 29.4. The number of alkyl halides is 1. The Labute approximate surface area is 117 Å². The molecule has 1 fully saturated rings. The molecule has 1 aliphatic rings. The molecular weight excluding hydrogens is 268 g/mol. The maximum Gasteiger partial charge on any atom is 0.147 e. The molecule has 0 amide bonds. The van der Waals surface area contributed by atoms with Crippen LogP contribution in [0.15, 0.2) is 0 Å². The van der Waals surface area contributed by atoms with Gasteiger partial charge in [-0.05, 0) is 43.4 Å². The second-order valence-electron chi connectivity index (χ2n) is 6.10. The van der Waals surface area contributed by atoms with Crippen molar-refractivity contribution >= 4 is 21.4 Å². The minimum absolute atomic E-state index is 0.0906. The summed E-state index contributed by atoms with van der Waals surface area (Å²) < 4.78 is 22.6. The Morgan fingerprint density at radius 3 is 2.33 bits per heavy atom. The Morgan fingerprint density at radius 2 is 1.89 bits per heavy atom. The van der Waals surface area contributed by atoms with E-state index in [1.807, 2.05) is 0 Å². The summed E-state index contributed by atoms with van der Waals surface area (Å²) in [6.45, 7) is 2.23. The van der Waals surface area contributed by atoms with Crippen molar-refractivity contribution in [1.29, 1.82) is 0 Å². The van der Waals surface area contributed by atoms with E-state index in [2.05, 4.69) is 6.92 Å². The molecule has 0 aliphatic heterocycles. The zero-order chi connectivity index (χ0) is 13.6. The largest absolute Gasteiger partial charge is 0.229 e. The van der Waals surface area contributed by atoms with E-state index in [4.69, 9.17) is 11.6 Å². The van der Waals surface area contributed by atoms with Crippen LogP contribution >= 0.6 is 11.6 Å². The fourth-order valence-electron chi connectivity index (χ4n) is 2.92. The van der Waals surface area contributed by atoms with Gasteiger partial charge in [0.15, 0.2) is 0 Å². The predicted octanol–water partition coefficient (Wildman–Crippen LogP) is 4.03. The Balaban J connectivity index is 2.44. The van der Waals surface area contributed by atoms with Crippen LogP contribution in [0, 0.1) is 11.3 Å². The van der Waals surface area contributed by atoms with Crippen LogP contribution in [0.2, 0.25) is 0 Å². The lowest BCUT2D eigenvalue weighted by Gasteiger charge is -2.39. The summed E-state index contributed by atoms with van der Waals surface area (Å²) in [5, 5.41) is 0. The van der Waals surface area contributed by atoms with Crippen LogP contribution in [0.3, 0.4) is 0 Å². The van der Waals surface area contributed by atoms with Crippen molar-refractivity contribution < 1.29 is 8.42 Å². The number of hydrogen-bond donors (Lipinski definition) is 0. The standard InChI is InChI=1S/C14H27ClO2S/c1-3-4-5-13-6-8-14(12-15,9-7-13)10-11-18(2,16)17/h13H,3-12H2,1-2H3. The highest BCUT2D eigenvalue weighted by Gasteiger charge is 2.34. The third-order valence-corrected chi connectivity index (χ3v) is 5.93. The summed E-state index contributed by atoms with van der Waals surface area (Å²) >= 11 is 6.12. The first-order valence-electron chi connectivity index (χ1n) is 7.14. The Hall–Kier alpha value is 0.240. The highest BCUT2D eigenvalue weighted by molar-refractivity contribution is 7.90. The quantitative estimate of drug-likeness (QED) is 0.664. The summed E-state index contributed by atoms with van der Waals surface area (Å²) in [7, 11) is -2.86. The molecule has 1 rings (SSSR count). The molecule has 0 spiro atoms. The van der Waals surface area contributed by atoms with Gasteiger partial charge in [0.2, 0.25) is 0 Å². The van der Waals surface area contributed by atoms with Crippen molar-refractivity contribution in [3.05, 3.63) is 0 Å². The van der Waals surface area contributed by atoms with E-state index in [0.29, 0.717) is 11.6 Å². The average molecular weight is 295 g/mol. The van der Waals surface area contributed by atoms with Gasteiger partial charge in [0.1, 0.15) is 9.84 Å². The third-order valence-electron chi connectivity index (χ3n) is 4.42. The topological polar surface area (TPSA) is 34.1 Å². The second-order valence-corrected chi connectivity index (χ2v) is 8.63. The van der Waals surface area contributed by atoms with Crippen molar-refractivity contribution in [3.8, 4) is 0 Å².